The maximum atomic E-state index is 4.40. The smallest absolute Gasteiger partial charge is 0.225 e. The predicted molar refractivity (Wildman–Crippen MR) is 74.9 cm³/mol. The van der Waals surface area contributed by atoms with Crippen molar-refractivity contribution in [2.45, 2.75) is 33.1 Å². The minimum Gasteiger partial charge on any atom is -0.341 e. The van der Waals surface area contributed by atoms with Gasteiger partial charge in [0.15, 0.2) is 0 Å². The zero-order valence-electron chi connectivity index (χ0n) is 11.5. The number of hydrogen-bond acceptors (Lipinski definition) is 4. The highest BCUT2D eigenvalue weighted by atomic mass is 15.2. The van der Waals surface area contributed by atoms with E-state index in [-0.39, 0.29) is 0 Å². The molecule has 1 N–H and O–H groups in total. The van der Waals surface area contributed by atoms with Gasteiger partial charge in [0.05, 0.1) is 0 Å². The van der Waals surface area contributed by atoms with E-state index in [0.29, 0.717) is 0 Å². The van der Waals surface area contributed by atoms with Crippen molar-refractivity contribution in [3.05, 3.63) is 18.0 Å². The molecule has 0 saturated carbocycles. The van der Waals surface area contributed by atoms with Crippen molar-refractivity contribution in [2.24, 2.45) is 5.92 Å². The summed E-state index contributed by atoms with van der Waals surface area (Å²) in [5, 5.41) is 3.52. The molecule has 0 amide bonds. The molecule has 1 saturated heterocycles. The number of hydrogen-bond donors (Lipinski definition) is 1. The Morgan fingerprint density at radius 3 is 2.56 bits per heavy atom. The van der Waals surface area contributed by atoms with Gasteiger partial charge in [-0.3, -0.25) is 0 Å². The van der Waals surface area contributed by atoms with E-state index in [2.05, 4.69) is 27.1 Å². The van der Waals surface area contributed by atoms with Crippen LogP contribution in [0.2, 0.25) is 0 Å². The van der Waals surface area contributed by atoms with E-state index in [4.69, 9.17) is 0 Å². The van der Waals surface area contributed by atoms with Crippen molar-refractivity contribution in [1.29, 1.82) is 0 Å². The zero-order valence-corrected chi connectivity index (χ0v) is 11.5. The molecule has 1 aromatic heterocycles. The third kappa shape index (κ3) is 3.67. The highest BCUT2D eigenvalue weighted by Crippen LogP contribution is 2.19. The molecular formula is C14H24N4. The standard InChI is InChI=1S/C14H24N4/c1-3-6-15-11-13-4-7-18(8-5-13)14-16-9-12(2)10-17-14/h9-10,13,15H,3-8,11H2,1-2H3. The molecule has 0 aliphatic carbocycles. The van der Waals surface area contributed by atoms with Crippen molar-refractivity contribution in [2.75, 3.05) is 31.1 Å². The van der Waals surface area contributed by atoms with Crippen LogP contribution in [0.1, 0.15) is 31.7 Å². The third-order valence-electron chi connectivity index (χ3n) is 3.52. The van der Waals surface area contributed by atoms with Crippen LogP contribution in [0.25, 0.3) is 0 Å². The van der Waals surface area contributed by atoms with Gasteiger partial charge in [-0.05, 0) is 50.8 Å². The number of nitrogens with one attached hydrogen (secondary N) is 1. The lowest BCUT2D eigenvalue weighted by molar-refractivity contribution is 0.381. The van der Waals surface area contributed by atoms with Crippen LogP contribution in [0.5, 0.6) is 0 Å². The third-order valence-corrected chi connectivity index (χ3v) is 3.52. The summed E-state index contributed by atoms with van der Waals surface area (Å²) in [6.07, 6.45) is 7.51. The Morgan fingerprint density at radius 2 is 1.94 bits per heavy atom. The van der Waals surface area contributed by atoms with E-state index in [1.807, 2.05) is 19.3 Å². The molecule has 1 aliphatic rings. The monoisotopic (exact) mass is 248 g/mol. The molecule has 2 rings (SSSR count). The summed E-state index contributed by atoms with van der Waals surface area (Å²) in [5.74, 6) is 1.71. The summed E-state index contributed by atoms with van der Waals surface area (Å²) >= 11 is 0. The fourth-order valence-corrected chi connectivity index (χ4v) is 2.37. The molecule has 18 heavy (non-hydrogen) atoms. The lowest BCUT2D eigenvalue weighted by Crippen LogP contribution is -2.38. The molecule has 4 heteroatoms. The molecule has 0 unspecified atom stereocenters. The zero-order chi connectivity index (χ0) is 12.8. The van der Waals surface area contributed by atoms with Crippen molar-refractivity contribution < 1.29 is 0 Å². The van der Waals surface area contributed by atoms with Crippen molar-refractivity contribution in [3.8, 4) is 0 Å². The van der Waals surface area contributed by atoms with Gasteiger partial charge in [-0.2, -0.15) is 0 Å². The van der Waals surface area contributed by atoms with Gasteiger partial charge in [-0.25, -0.2) is 9.97 Å². The Labute approximate surface area is 110 Å². The molecule has 2 heterocycles. The maximum absolute atomic E-state index is 4.40. The van der Waals surface area contributed by atoms with Gasteiger partial charge in [0, 0.05) is 25.5 Å². The minimum atomic E-state index is 0.818. The van der Waals surface area contributed by atoms with Crippen LogP contribution in [0.15, 0.2) is 12.4 Å². The average Bonchev–Trinajstić information content (AvgIpc) is 2.41. The van der Waals surface area contributed by atoms with Gasteiger partial charge in [-0.1, -0.05) is 6.92 Å². The second kappa shape index (κ2) is 6.69. The molecule has 0 aromatic carbocycles. The molecule has 0 spiro atoms. The van der Waals surface area contributed by atoms with Gasteiger partial charge in [0.25, 0.3) is 0 Å². The van der Waals surface area contributed by atoms with E-state index in [1.165, 1.54) is 19.3 Å². The van der Waals surface area contributed by atoms with E-state index in [1.54, 1.807) is 0 Å². The molecule has 1 aromatic rings. The summed E-state index contributed by atoms with van der Waals surface area (Å²) in [4.78, 5) is 11.1. The Bertz CT molecular complexity index is 341. The van der Waals surface area contributed by atoms with Crippen molar-refractivity contribution in [1.82, 2.24) is 15.3 Å². The number of rotatable bonds is 5. The van der Waals surface area contributed by atoms with Crippen molar-refractivity contribution >= 4 is 5.95 Å². The number of piperidine rings is 1. The Balaban J connectivity index is 1.77. The maximum Gasteiger partial charge on any atom is 0.225 e. The lowest BCUT2D eigenvalue weighted by Gasteiger charge is -2.32. The first-order valence-electron chi connectivity index (χ1n) is 7.04. The topological polar surface area (TPSA) is 41.0 Å². The van der Waals surface area contributed by atoms with Gasteiger partial charge in [-0.15, -0.1) is 0 Å². The second-order valence-corrected chi connectivity index (χ2v) is 5.19. The van der Waals surface area contributed by atoms with Gasteiger partial charge in [0.2, 0.25) is 5.95 Å². The van der Waals surface area contributed by atoms with Crippen LogP contribution >= 0.6 is 0 Å². The quantitative estimate of drug-likeness (QED) is 0.809. The summed E-state index contributed by atoms with van der Waals surface area (Å²) in [7, 11) is 0. The first kappa shape index (κ1) is 13.3. The molecule has 0 atom stereocenters. The Kier molecular flexibility index (Phi) is 4.93. The largest absolute Gasteiger partial charge is 0.341 e. The first-order chi connectivity index (χ1) is 8.79. The van der Waals surface area contributed by atoms with Gasteiger partial charge in [0.1, 0.15) is 0 Å². The summed E-state index contributed by atoms with van der Waals surface area (Å²) in [6.45, 7) is 8.71. The van der Waals surface area contributed by atoms with Crippen LogP contribution in [0, 0.1) is 12.8 Å². The summed E-state index contributed by atoms with van der Waals surface area (Å²) < 4.78 is 0. The Morgan fingerprint density at radius 1 is 1.28 bits per heavy atom. The lowest BCUT2D eigenvalue weighted by atomic mass is 9.97. The number of nitrogens with zero attached hydrogens (tertiary/aromatic N) is 3. The van der Waals surface area contributed by atoms with Crippen LogP contribution in [-0.4, -0.2) is 36.1 Å². The second-order valence-electron chi connectivity index (χ2n) is 5.19. The summed E-state index contributed by atoms with van der Waals surface area (Å²) in [5.41, 5.74) is 1.12. The molecule has 100 valence electrons. The minimum absolute atomic E-state index is 0.818. The van der Waals surface area contributed by atoms with E-state index in [0.717, 1.165) is 43.6 Å². The Hall–Kier alpha value is -1.16. The average molecular weight is 248 g/mol. The number of anilines is 1. The fourth-order valence-electron chi connectivity index (χ4n) is 2.37. The van der Waals surface area contributed by atoms with Crippen LogP contribution in [0.4, 0.5) is 5.95 Å². The highest BCUT2D eigenvalue weighted by molar-refractivity contribution is 5.30. The number of aryl methyl sites for hydroxylation is 1. The number of aromatic nitrogens is 2. The highest BCUT2D eigenvalue weighted by Gasteiger charge is 2.20. The van der Waals surface area contributed by atoms with Crippen molar-refractivity contribution in [3.63, 3.8) is 0 Å². The van der Waals surface area contributed by atoms with E-state index in [9.17, 15) is 0 Å². The molecular weight excluding hydrogens is 224 g/mol. The molecule has 1 aliphatic heterocycles. The summed E-state index contributed by atoms with van der Waals surface area (Å²) in [6, 6.07) is 0. The molecule has 0 radical (unpaired) electrons. The van der Waals surface area contributed by atoms with Crippen LogP contribution in [-0.2, 0) is 0 Å². The van der Waals surface area contributed by atoms with Crippen LogP contribution < -0.4 is 10.2 Å². The van der Waals surface area contributed by atoms with Crippen LogP contribution in [0.3, 0.4) is 0 Å². The normalized spacial score (nSPS) is 17.1. The van der Waals surface area contributed by atoms with E-state index >= 15 is 0 Å². The molecule has 1 fully saturated rings. The van der Waals surface area contributed by atoms with E-state index < -0.39 is 0 Å². The molecule has 0 bridgehead atoms. The van der Waals surface area contributed by atoms with Gasteiger partial charge < -0.3 is 10.2 Å². The molecule has 4 nitrogen and oxygen atoms in total. The SMILES string of the molecule is CCCNCC1CCN(c2ncc(C)cn2)CC1. The van der Waals surface area contributed by atoms with Gasteiger partial charge >= 0.3 is 0 Å². The fraction of sp³-hybridized carbons (Fsp3) is 0.714. The predicted octanol–water partition coefficient (Wildman–Crippen LogP) is 2.00. The first-order valence-corrected chi connectivity index (χ1v) is 7.04.